The molecule has 0 aromatic heterocycles. The summed E-state index contributed by atoms with van der Waals surface area (Å²) in [5.41, 5.74) is -0.202. The summed E-state index contributed by atoms with van der Waals surface area (Å²) in [6.07, 6.45) is 2.34. The van der Waals surface area contributed by atoms with E-state index in [1.54, 1.807) is 32.1 Å². The van der Waals surface area contributed by atoms with Gasteiger partial charge in [0.15, 0.2) is 0 Å². The zero-order valence-corrected chi connectivity index (χ0v) is 32.0. The third kappa shape index (κ3) is 6.75. The summed E-state index contributed by atoms with van der Waals surface area (Å²) in [5.74, 6) is 0.384. The molecule has 18 atom stereocenters. The van der Waals surface area contributed by atoms with E-state index >= 15 is 0 Å². The minimum Gasteiger partial charge on any atom is -0.508 e. The van der Waals surface area contributed by atoms with Crippen LogP contribution in [0, 0.1) is 34.5 Å². The van der Waals surface area contributed by atoms with Gasteiger partial charge in [0.2, 0.25) is 0 Å². The number of para-hydroxylation sites is 1. The molecular weight excluding hydrogens is 696 g/mol. The van der Waals surface area contributed by atoms with Crippen LogP contribution < -0.4 is 0 Å². The van der Waals surface area contributed by atoms with Crippen molar-refractivity contribution in [2.45, 2.75) is 171 Å². The number of carbonyl (C=O) groups is 1. The number of cyclic esters (lactones) is 1. The molecule has 0 amide bonds. The summed E-state index contributed by atoms with van der Waals surface area (Å²) >= 11 is 0. The molecule has 12 nitrogen and oxygen atoms in total. The van der Waals surface area contributed by atoms with Crippen LogP contribution in [-0.4, -0.2) is 120 Å². The Morgan fingerprint density at radius 3 is 2.02 bits per heavy atom. The third-order valence-corrected chi connectivity index (χ3v) is 15.5. The van der Waals surface area contributed by atoms with Gasteiger partial charge in [0.1, 0.15) is 24.1 Å². The van der Waals surface area contributed by atoms with Gasteiger partial charge in [0, 0.05) is 30.8 Å². The standard InChI is InChI=1S/C30H40O6.C12H22O6/c1-28-11-9-19(31)14-18(28)7-8-22-23(28)16-26(33)29(2)21(10-12-30(22,29)35)20-15-27(34)36-25(20)13-17-5-3-4-6-24(17)32;1-5-11(15)7(13)3-9(17-5)10-4-8(14)12(16)6(2)18-10/h3-6,15,18-19,21-23,25-26,31-33,35H,7-14,16H2,1-2H3;5-16H,3-4H2,1-2H3/t18-,19+,21-,22-,23+,25?,26-,28+,29+,30+;5?,6?,7-,8-,9+,10+,11?,12?/m11/s1. The molecule has 7 aliphatic rings. The molecule has 0 spiro atoms. The molecule has 54 heavy (non-hydrogen) atoms. The maximum atomic E-state index is 12.5. The first kappa shape index (κ1) is 40.1. The lowest BCUT2D eigenvalue weighted by Crippen LogP contribution is -2.67. The van der Waals surface area contributed by atoms with E-state index in [0.717, 1.165) is 43.2 Å². The van der Waals surface area contributed by atoms with Crippen LogP contribution in [0.1, 0.15) is 97.5 Å². The summed E-state index contributed by atoms with van der Waals surface area (Å²) in [4.78, 5) is 12.5. The Morgan fingerprint density at radius 2 is 1.41 bits per heavy atom. The lowest BCUT2D eigenvalue weighted by atomic mass is 9.42. The first-order valence-corrected chi connectivity index (χ1v) is 20.3. The smallest absolute Gasteiger partial charge is 0.331 e. The number of benzene rings is 1. The summed E-state index contributed by atoms with van der Waals surface area (Å²) in [5, 5.41) is 83.6. The van der Waals surface area contributed by atoms with Gasteiger partial charge in [-0.15, -0.1) is 0 Å². The second-order valence-corrected chi connectivity index (χ2v) is 18.2. The first-order chi connectivity index (χ1) is 25.5. The van der Waals surface area contributed by atoms with E-state index in [9.17, 15) is 45.6 Å². The molecule has 2 saturated heterocycles. The zero-order valence-electron chi connectivity index (χ0n) is 32.0. The molecule has 0 radical (unpaired) electrons. The molecule has 4 aliphatic carbocycles. The fourth-order valence-corrected chi connectivity index (χ4v) is 12.2. The second kappa shape index (κ2) is 15.0. The highest BCUT2D eigenvalue weighted by Gasteiger charge is 2.71. The minimum absolute atomic E-state index is 0.0251. The van der Waals surface area contributed by atoms with Crippen molar-refractivity contribution in [3.8, 4) is 5.75 Å². The topological polar surface area (TPSA) is 207 Å². The highest BCUT2D eigenvalue weighted by atomic mass is 16.6. The number of aromatic hydroxyl groups is 1. The number of hydrogen-bond donors (Lipinski definition) is 8. The number of esters is 1. The Kier molecular flexibility index (Phi) is 11.1. The van der Waals surface area contributed by atoms with E-state index in [4.69, 9.17) is 14.2 Å². The van der Waals surface area contributed by atoms with Crippen molar-refractivity contribution in [3.63, 3.8) is 0 Å². The quantitative estimate of drug-likeness (QED) is 0.209. The van der Waals surface area contributed by atoms with Crippen molar-refractivity contribution < 1.29 is 59.9 Å². The van der Waals surface area contributed by atoms with Gasteiger partial charge >= 0.3 is 5.97 Å². The van der Waals surface area contributed by atoms with Crippen molar-refractivity contribution in [1.82, 2.24) is 0 Å². The van der Waals surface area contributed by atoms with E-state index in [0.29, 0.717) is 31.6 Å². The fraction of sp³-hybridized carbons (Fsp3) is 0.786. The van der Waals surface area contributed by atoms with Gasteiger partial charge in [-0.05, 0) is 112 Å². The van der Waals surface area contributed by atoms with E-state index in [1.807, 2.05) is 19.1 Å². The molecule has 4 saturated carbocycles. The lowest BCUT2D eigenvalue weighted by molar-refractivity contribution is -0.245. The monoisotopic (exact) mass is 758 g/mol. The van der Waals surface area contributed by atoms with Crippen LogP contribution >= 0.6 is 0 Å². The zero-order chi connectivity index (χ0) is 38.9. The molecule has 1 aromatic rings. The van der Waals surface area contributed by atoms with Gasteiger partial charge in [-0.25, -0.2) is 4.79 Å². The van der Waals surface area contributed by atoms with Crippen LogP contribution in [0.3, 0.4) is 0 Å². The Morgan fingerprint density at radius 1 is 0.778 bits per heavy atom. The predicted molar refractivity (Wildman–Crippen MR) is 196 cm³/mol. The Labute approximate surface area is 318 Å². The van der Waals surface area contributed by atoms with Crippen molar-refractivity contribution in [1.29, 1.82) is 0 Å². The Balaban J connectivity index is 0.000000210. The molecule has 3 aliphatic heterocycles. The summed E-state index contributed by atoms with van der Waals surface area (Å²) in [6.45, 7) is 7.75. The molecule has 6 fully saturated rings. The Hall–Kier alpha value is -2.13. The van der Waals surface area contributed by atoms with E-state index in [-0.39, 0.29) is 66.0 Å². The number of phenols is 1. The normalized spacial score (nSPS) is 50.1. The fourth-order valence-electron chi connectivity index (χ4n) is 12.2. The van der Waals surface area contributed by atoms with Gasteiger partial charge in [0.05, 0.1) is 54.4 Å². The molecule has 12 heteroatoms. The van der Waals surface area contributed by atoms with Crippen LogP contribution in [0.4, 0.5) is 0 Å². The van der Waals surface area contributed by atoms with E-state index < -0.39 is 59.8 Å². The Bertz CT molecular complexity index is 1500. The molecule has 0 bridgehead atoms. The van der Waals surface area contributed by atoms with Crippen LogP contribution in [-0.2, 0) is 25.4 Å². The molecule has 3 heterocycles. The average Bonchev–Trinajstić information content (AvgIpc) is 3.63. The second-order valence-electron chi connectivity index (χ2n) is 18.2. The number of rotatable bonds is 4. The van der Waals surface area contributed by atoms with E-state index in [2.05, 4.69) is 6.92 Å². The van der Waals surface area contributed by atoms with Crippen LogP contribution in [0.5, 0.6) is 5.75 Å². The summed E-state index contributed by atoms with van der Waals surface area (Å²) < 4.78 is 16.9. The van der Waals surface area contributed by atoms with Crippen molar-refractivity contribution in [2.75, 3.05) is 0 Å². The number of aliphatic hydroxyl groups excluding tert-OH is 6. The van der Waals surface area contributed by atoms with Gasteiger partial charge < -0.3 is 55.1 Å². The maximum Gasteiger partial charge on any atom is 0.331 e. The third-order valence-electron chi connectivity index (χ3n) is 15.5. The highest BCUT2D eigenvalue weighted by Crippen LogP contribution is 2.70. The average molecular weight is 759 g/mol. The SMILES string of the molecule is CC1O[C@H]([C@@H]2C[C@@H](O)C(O)C(C)O2)C[C@@H](O)C1O.C[C@]12CC[C@H](O)C[C@H]1CC[C@@H]1[C@@H]2C[C@@H](O)[C@]2(C)[C@@H](C3=CC(=O)OC3Cc3ccccc3O)CC[C@]12O. The van der Waals surface area contributed by atoms with Gasteiger partial charge in [-0.3, -0.25) is 0 Å². The maximum absolute atomic E-state index is 12.5. The molecule has 302 valence electrons. The van der Waals surface area contributed by atoms with Gasteiger partial charge in [-0.2, -0.15) is 0 Å². The van der Waals surface area contributed by atoms with Crippen LogP contribution in [0.15, 0.2) is 35.9 Å². The summed E-state index contributed by atoms with van der Waals surface area (Å²) in [7, 11) is 0. The van der Waals surface area contributed by atoms with Gasteiger partial charge in [0.25, 0.3) is 0 Å². The molecule has 8 rings (SSSR count). The van der Waals surface area contributed by atoms with E-state index in [1.165, 1.54) is 0 Å². The number of phenolic OH excluding ortho intramolecular Hbond substituents is 1. The van der Waals surface area contributed by atoms with Crippen LogP contribution in [0.2, 0.25) is 0 Å². The number of ether oxygens (including phenoxy) is 3. The lowest BCUT2D eigenvalue weighted by Gasteiger charge is -2.65. The number of carbonyl (C=O) groups excluding carboxylic acids is 1. The highest BCUT2D eigenvalue weighted by molar-refractivity contribution is 5.86. The molecule has 1 aromatic carbocycles. The number of fused-ring (bicyclic) bond motifs is 5. The minimum atomic E-state index is -1.02. The number of aliphatic hydroxyl groups is 7. The van der Waals surface area contributed by atoms with Gasteiger partial charge in [-0.1, -0.05) is 32.0 Å². The molecule has 5 unspecified atom stereocenters. The van der Waals surface area contributed by atoms with Crippen LogP contribution in [0.25, 0.3) is 0 Å². The molecular formula is C42H62O12. The summed E-state index contributed by atoms with van der Waals surface area (Å²) in [6, 6.07) is 7.10. The van der Waals surface area contributed by atoms with Crippen molar-refractivity contribution >= 4 is 5.97 Å². The van der Waals surface area contributed by atoms with Crippen molar-refractivity contribution in [2.24, 2.45) is 34.5 Å². The largest absolute Gasteiger partial charge is 0.508 e. The number of hydrogen-bond acceptors (Lipinski definition) is 12. The molecule has 8 N–H and O–H groups in total. The predicted octanol–water partition coefficient (Wildman–Crippen LogP) is 2.68. The van der Waals surface area contributed by atoms with Crippen molar-refractivity contribution in [3.05, 3.63) is 41.5 Å². The first-order valence-electron chi connectivity index (χ1n) is 20.3.